The topological polar surface area (TPSA) is 74.1 Å². The number of rotatable bonds is 15. The Kier molecular flexibility index (Phi) is 10.5. The molecule has 0 saturated carbocycles. The molecule has 2 aromatic rings. The summed E-state index contributed by atoms with van der Waals surface area (Å²) in [4.78, 5) is 27.4. The van der Waals surface area contributed by atoms with E-state index in [0.717, 1.165) is 18.5 Å². The zero-order chi connectivity index (χ0) is 24.0. The van der Waals surface area contributed by atoms with Gasteiger partial charge in [-0.15, -0.1) is 10.2 Å². The Morgan fingerprint density at radius 2 is 1.32 bits per heavy atom. The monoisotopic (exact) mass is 460 g/mol. The van der Waals surface area contributed by atoms with Gasteiger partial charge in [-0.05, 0) is 30.7 Å². The third kappa shape index (κ3) is 7.65. The van der Waals surface area contributed by atoms with Crippen molar-refractivity contribution in [2.24, 2.45) is 10.2 Å². The van der Waals surface area contributed by atoms with E-state index in [4.69, 9.17) is 0 Å². The van der Waals surface area contributed by atoms with Crippen molar-refractivity contribution in [1.82, 2.24) is 0 Å². The van der Waals surface area contributed by atoms with Crippen LogP contribution in [0.15, 0.2) is 82.3 Å². The number of hydrogen-bond acceptors (Lipinski definition) is 4. The summed E-state index contributed by atoms with van der Waals surface area (Å²) in [6.07, 6.45) is 12.4. The highest BCUT2D eigenvalue weighted by Gasteiger charge is 2.32. The van der Waals surface area contributed by atoms with E-state index >= 15 is 0 Å². The molecule has 1 aliphatic rings. The molecule has 6 nitrogen and oxygen atoms in total. The Balaban J connectivity index is 1.62. The van der Waals surface area contributed by atoms with Gasteiger partial charge < -0.3 is 10.2 Å². The molecule has 6 heteroatoms. The number of carbonyl (C=O) groups is 2. The average molecular weight is 461 g/mol. The number of nitrogens with zero attached hydrogens (tertiary/aromatic N) is 3. The molecule has 0 unspecified atom stereocenters. The summed E-state index contributed by atoms with van der Waals surface area (Å²) in [5.74, 6) is -0.770. The first-order chi connectivity index (χ1) is 16.7. The number of nitrogens with one attached hydrogen (secondary N) is 1. The van der Waals surface area contributed by atoms with E-state index in [0.29, 0.717) is 18.1 Å². The molecule has 34 heavy (non-hydrogen) atoms. The van der Waals surface area contributed by atoms with Crippen LogP contribution in [-0.4, -0.2) is 18.4 Å². The van der Waals surface area contributed by atoms with Crippen LogP contribution in [-0.2, 0) is 9.59 Å². The smallest absolute Gasteiger partial charge is 0.304 e. The third-order valence-corrected chi connectivity index (χ3v) is 5.99. The van der Waals surface area contributed by atoms with E-state index in [1.165, 1.54) is 51.4 Å². The zero-order valence-corrected chi connectivity index (χ0v) is 20.2. The first-order valence-electron chi connectivity index (χ1n) is 12.6. The van der Waals surface area contributed by atoms with Gasteiger partial charge in [-0.25, -0.2) is 0 Å². The minimum atomic E-state index is -0.604. The Hall–Kier alpha value is -3.28. The number of amides is 2. The number of unbranched alkanes of at least 4 members (excludes halogenated alkanes) is 9. The summed E-state index contributed by atoms with van der Waals surface area (Å²) in [6.45, 7) is 2.92. The first-order valence-corrected chi connectivity index (χ1v) is 12.6. The van der Waals surface area contributed by atoms with Crippen molar-refractivity contribution in [1.29, 1.82) is 0 Å². The maximum absolute atomic E-state index is 13.0. The highest BCUT2D eigenvalue weighted by molar-refractivity contribution is 6.24. The molecule has 1 N–H and O–H groups in total. The van der Waals surface area contributed by atoms with E-state index in [9.17, 15) is 9.59 Å². The van der Waals surface area contributed by atoms with Gasteiger partial charge in [0.25, 0.3) is 5.91 Å². The Bertz CT molecular complexity index is 970. The number of anilines is 2. The fraction of sp³-hybridized carbons (Fsp3) is 0.429. The zero-order valence-electron chi connectivity index (χ0n) is 20.2. The molecular weight excluding hydrogens is 424 g/mol. The molecule has 0 aromatic heterocycles. The van der Waals surface area contributed by atoms with Crippen LogP contribution in [0.2, 0.25) is 0 Å². The van der Waals surface area contributed by atoms with Crippen molar-refractivity contribution in [3.63, 3.8) is 0 Å². The minimum absolute atomic E-state index is 0.0141. The molecule has 1 aliphatic heterocycles. The average Bonchev–Trinajstić information content (AvgIpc) is 3.25. The Labute approximate surface area is 203 Å². The van der Waals surface area contributed by atoms with Crippen molar-refractivity contribution in [2.75, 3.05) is 16.8 Å². The standard InChI is InChI=1S/C28H36N4O2/c1-2-3-4-5-6-7-8-9-10-17-22-32(24-20-15-12-16-21-24)26-25(28(34)31-30-26)27(33)29-23-18-13-11-14-19-23/h11-16,18-21H,2-10,17,22H2,1H3,(H,29,33). The fourth-order valence-electron chi connectivity index (χ4n) is 4.11. The van der Waals surface area contributed by atoms with Gasteiger partial charge in [-0.3, -0.25) is 9.59 Å². The number of azo groups is 1. The summed E-state index contributed by atoms with van der Waals surface area (Å²) in [6, 6.07) is 18.9. The van der Waals surface area contributed by atoms with Gasteiger partial charge in [0.2, 0.25) is 0 Å². The predicted octanol–water partition coefficient (Wildman–Crippen LogP) is 7.26. The molecule has 0 aliphatic carbocycles. The van der Waals surface area contributed by atoms with Crippen molar-refractivity contribution in [3.8, 4) is 0 Å². The van der Waals surface area contributed by atoms with Crippen molar-refractivity contribution < 1.29 is 9.59 Å². The second-order valence-electron chi connectivity index (χ2n) is 8.69. The Morgan fingerprint density at radius 3 is 1.94 bits per heavy atom. The van der Waals surface area contributed by atoms with E-state index < -0.39 is 11.8 Å². The van der Waals surface area contributed by atoms with Crippen LogP contribution < -0.4 is 10.2 Å². The molecule has 1 heterocycles. The molecule has 180 valence electrons. The molecule has 0 bridgehead atoms. The van der Waals surface area contributed by atoms with Crippen LogP contribution >= 0.6 is 0 Å². The maximum Gasteiger partial charge on any atom is 0.304 e. The highest BCUT2D eigenvalue weighted by Crippen LogP contribution is 2.28. The van der Waals surface area contributed by atoms with E-state index in [1.54, 1.807) is 12.1 Å². The number of para-hydroxylation sites is 2. The summed E-state index contributed by atoms with van der Waals surface area (Å²) < 4.78 is 0. The highest BCUT2D eigenvalue weighted by atomic mass is 16.2. The van der Waals surface area contributed by atoms with E-state index in [1.807, 2.05) is 53.4 Å². The van der Waals surface area contributed by atoms with Crippen LogP contribution in [0.25, 0.3) is 0 Å². The molecule has 0 atom stereocenters. The van der Waals surface area contributed by atoms with Crippen LogP contribution in [0.3, 0.4) is 0 Å². The minimum Gasteiger partial charge on any atom is -0.324 e. The molecule has 0 radical (unpaired) electrons. The van der Waals surface area contributed by atoms with Crippen LogP contribution in [0.5, 0.6) is 0 Å². The Morgan fingerprint density at radius 1 is 0.765 bits per heavy atom. The largest absolute Gasteiger partial charge is 0.324 e. The molecule has 3 rings (SSSR count). The predicted molar refractivity (Wildman–Crippen MR) is 138 cm³/mol. The van der Waals surface area contributed by atoms with Gasteiger partial charge in [-0.2, -0.15) is 0 Å². The first kappa shape index (κ1) is 25.3. The SMILES string of the molecule is CCCCCCCCCCCCN(C1=C(C(=O)Nc2ccccc2)C(=O)N=N1)c1ccccc1. The van der Waals surface area contributed by atoms with Gasteiger partial charge in [-0.1, -0.05) is 101 Å². The maximum atomic E-state index is 13.0. The lowest BCUT2D eigenvalue weighted by Crippen LogP contribution is -2.28. The number of carbonyl (C=O) groups excluding carboxylic acids is 2. The van der Waals surface area contributed by atoms with Crippen molar-refractivity contribution in [2.45, 2.75) is 71.1 Å². The lowest BCUT2D eigenvalue weighted by Gasteiger charge is -2.24. The van der Waals surface area contributed by atoms with Crippen LogP contribution in [0, 0.1) is 0 Å². The molecule has 0 spiro atoms. The molecule has 2 aromatic carbocycles. The molecule has 0 fully saturated rings. The summed E-state index contributed by atoms with van der Waals surface area (Å²) in [5.41, 5.74) is 1.51. The lowest BCUT2D eigenvalue weighted by atomic mass is 10.1. The quantitative estimate of drug-likeness (QED) is 0.224. The van der Waals surface area contributed by atoms with Crippen molar-refractivity contribution in [3.05, 3.63) is 72.1 Å². The summed E-state index contributed by atoms with van der Waals surface area (Å²) >= 11 is 0. The van der Waals surface area contributed by atoms with Crippen LogP contribution in [0.4, 0.5) is 11.4 Å². The van der Waals surface area contributed by atoms with Gasteiger partial charge in [0, 0.05) is 17.9 Å². The molecular formula is C28H36N4O2. The third-order valence-electron chi connectivity index (χ3n) is 5.99. The molecule has 2 amide bonds. The van der Waals surface area contributed by atoms with Crippen LogP contribution in [0.1, 0.15) is 71.1 Å². The second-order valence-corrected chi connectivity index (χ2v) is 8.69. The second kappa shape index (κ2) is 14.1. The number of hydrogen-bond donors (Lipinski definition) is 1. The summed E-state index contributed by atoms with van der Waals surface area (Å²) in [5, 5.41) is 10.6. The van der Waals surface area contributed by atoms with Crippen molar-refractivity contribution >= 4 is 23.2 Å². The fourth-order valence-corrected chi connectivity index (χ4v) is 4.11. The lowest BCUT2D eigenvalue weighted by molar-refractivity contribution is -0.119. The van der Waals surface area contributed by atoms with E-state index in [-0.39, 0.29) is 5.57 Å². The van der Waals surface area contributed by atoms with Gasteiger partial charge in [0.1, 0.15) is 0 Å². The number of benzene rings is 2. The normalized spacial score (nSPS) is 12.9. The van der Waals surface area contributed by atoms with Gasteiger partial charge in [0.05, 0.1) is 0 Å². The van der Waals surface area contributed by atoms with E-state index in [2.05, 4.69) is 22.5 Å². The van der Waals surface area contributed by atoms with Gasteiger partial charge in [0.15, 0.2) is 11.4 Å². The van der Waals surface area contributed by atoms with Gasteiger partial charge >= 0.3 is 5.91 Å². The molecule has 0 saturated heterocycles. The summed E-state index contributed by atoms with van der Waals surface area (Å²) in [7, 11) is 0.